The van der Waals surface area contributed by atoms with Crippen LogP contribution in [-0.2, 0) is 6.18 Å². The van der Waals surface area contributed by atoms with Crippen LogP contribution in [0.1, 0.15) is 5.69 Å². The Morgan fingerprint density at radius 2 is 1.93 bits per heavy atom. The van der Waals surface area contributed by atoms with Crippen LogP contribution in [0.3, 0.4) is 0 Å². The first-order valence-electron chi connectivity index (χ1n) is 7.64. The van der Waals surface area contributed by atoms with Crippen LogP contribution in [0, 0.1) is 5.82 Å². The van der Waals surface area contributed by atoms with E-state index >= 15 is 0 Å². The van der Waals surface area contributed by atoms with E-state index in [1.165, 1.54) is 48.6 Å². The lowest BCUT2D eigenvalue weighted by Gasteiger charge is -2.21. The summed E-state index contributed by atoms with van der Waals surface area (Å²) in [6.45, 7) is 0. The van der Waals surface area contributed by atoms with Gasteiger partial charge >= 0.3 is 12.2 Å². The number of urea groups is 1. The van der Waals surface area contributed by atoms with Crippen molar-refractivity contribution in [3.05, 3.63) is 60.2 Å². The second kappa shape index (κ2) is 7.06. The van der Waals surface area contributed by atoms with E-state index in [-0.39, 0.29) is 17.0 Å². The van der Waals surface area contributed by atoms with Gasteiger partial charge < -0.3 is 5.32 Å². The number of anilines is 2. The number of carbonyl (C=O) groups is 1. The minimum atomic E-state index is -4.56. The Balaban J connectivity index is 1.81. The molecule has 0 saturated heterocycles. The average Bonchev–Trinajstić information content (AvgIpc) is 2.59. The Bertz CT molecular complexity index is 992. The van der Waals surface area contributed by atoms with Crippen molar-refractivity contribution in [2.24, 2.45) is 0 Å². The maximum Gasteiger partial charge on any atom is 0.433 e. The van der Waals surface area contributed by atoms with Gasteiger partial charge in [-0.25, -0.2) is 24.6 Å². The van der Waals surface area contributed by atoms with Gasteiger partial charge in [0.1, 0.15) is 11.5 Å². The molecule has 0 atom stereocenters. The summed E-state index contributed by atoms with van der Waals surface area (Å²) in [5.41, 5.74) is 1.74. The molecule has 0 aliphatic rings. The SMILES string of the molecule is CN(NC(=O)Nc1cccc(F)c1)c1nccc2nc(C(F)(F)F)ccc12. The first-order chi connectivity index (χ1) is 12.7. The van der Waals surface area contributed by atoms with Crippen molar-refractivity contribution < 1.29 is 22.4 Å². The molecule has 27 heavy (non-hydrogen) atoms. The van der Waals surface area contributed by atoms with E-state index < -0.39 is 23.7 Å². The van der Waals surface area contributed by atoms with E-state index in [1.807, 2.05) is 0 Å². The number of amides is 2. The fourth-order valence-electron chi connectivity index (χ4n) is 2.39. The first-order valence-corrected chi connectivity index (χ1v) is 7.64. The van der Waals surface area contributed by atoms with Crippen molar-refractivity contribution in [1.82, 2.24) is 15.4 Å². The largest absolute Gasteiger partial charge is 0.433 e. The molecule has 0 unspecified atom stereocenters. The van der Waals surface area contributed by atoms with Gasteiger partial charge in [0, 0.05) is 24.3 Å². The fourth-order valence-corrected chi connectivity index (χ4v) is 2.39. The summed E-state index contributed by atoms with van der Waals surface area (Å²) < 4.78 is 51.6. The Morgan fingerprint density at radius 3 is 2.63 bits per heavy atom. The number of nitrogens with zero attached hydrogens (tertiary/aromatic N) is 3. The van der Waals surface area contributed by atoms with Crippen LogP contribution < -0.4 is 15.8 Å². The maximum absolute atomic E-state index is 13.2. The molecule has 0 aliphatic heterocycles. The van der Waals surface area contributed by atoms with Crippen LogP contribution in [0.15, 0.2) is 48.7 Å². The molecule has 2 amide bonds. The normalized spacial score (nSPS) is 11.3. The summed E-state index contributed by atoms with van der Waals surface area (Å²) in [6, 6.07) is 8.04. The zero-order chi connectivity index (χ0) is 19.6. The predicted molar refractivity (Wildman–Crippen MR) is 91.5 cm³/mol. The van der Waals surface area contributed by atoms with Crippen molar-refractivity contribution >= 4 is 28.4 Å². The molecule has 6 nitrogen and oxygen atoms in total. The number of aromatic nitrogens is 2. The lowest BCUT2D eigenvalue weighted by molar-refractivity contribution is -0.140. The highest BCUT2D eigenvalue weighted by atomic mass is 19.4. The van der Waals surface area contributed by atoms with Gasteiger partial charge in [-0.1, -0.05) is 6.07 Å². The van der Waals surface area contributed by atoms with Gasteiger partial charge in [-0.15, -0.1) is 0 Å². The van der Waals surface area contributed by atoms with Crippen LogP contribution >= 0.6 is 0 Å². The second-order valence-electron chi connectivity index (χ2n) is 5.53. The number of alkyl halides is 3. The minimum Gasteiger partial charge on any atom is -0.306 e. The van der Waals surface area contributed by atoms with E-state index in [2.05, 4.69) is 20.7 Å². The van der Waals surface area contributed by atoms with Crippen LogP contribution in [0.5, 0.6) is 0 Å². The molecular weight excluding hydrogens is 366 g/mol. The summed E-state index contributed by atoms with van der Waals surface area (Å²) in [5, 5.41) is 3.98. The molecule has 10 heteroatoms. The third-order valence-corrected chi connectivity index (χ3v) is 3.55. The summed E-state index contributed by atoms with van der Waals surface area (Å²) in [7, 11) is 1.46. The monoisotopic (exact) mass is 379 g/mol. The number of fused-ring (bicyclic) bond motifs is 1. The van der Waals surface area contributed by atoms with E-state index in [0.717, 1.165) is 12.1 Å². The smallest absolute Gasteiger partial charge is 0.306 e. The number of hydrogen-bond donors (Lipinski definition) is 2. The standard InChI is InChI=1S/C17H13F4N5O/c1-26(25-16(27)23-11-4-2-3-10(18)9-11)15-12-5-6-14(17(19,20)21)24-13(12)7-8-22-15/h2-9H,1H3,(H2,23,25,27). The van der Waals surface area contributed by atoms with Gasteiger partial charge in [0.25, 0.3) is 0 Å². The molecule has 3 rings (SSSR count). The van der Waals surface area contributed by atoms with Crippen LogP contribution in [0.4, 0.5) is 33.9 Å². The van der Waals surface area contributed by atoms with Crippen molar-refractivity contribution in [2.75, 3.05) is 17.4 Å². The molecule has 0 aliphatic carbocycles. The molecule has 2 heterocycles. The summed E-state index contributed by atoms with van der Waals surface area (Å²) >= 11 is 0. The number of hydrazine groups is 1. The van der Waals surface area contributed by atoms with Gasteiger partial charge in [0.15, 0.2) is 5.82 Å². The molecule has 1 aromatic carbocycles. The van der Waals surface area contributed by atoms with Crippen molar-refractivity contribution in [1.29, 1.82) is 0 Å². The minimum absolute atomic E-state index is 0.0778. The van der Waals surface area contributed by atoms with Crippen molar-refractivity contribution in [3.63, 3.8) is 0 Å². The zero-order valence-electron chi connectivity index (χ0n) is 13.9. The van der Waals surface area contributed by atoms with E-state index in [9.17, 15) is 22.4 Å². The Hall–Kier alpha value is -3.43. The van der Waals surface area contributed by atoms with Crippen LogP contribution in [-0.4, -0.2) is 23.0 Å². The third-order valence-electron chi connectivity index (χ3n) is 3.55. The number of rotatable bonds is 3. The molecule has 2 N–H and O–H groups in total. The molecule has 2 aromatic heterocycles. The zero-order valence-corrected chi connectivity index (χ0v) is 13.9. The molecule has 0 bridgehead atoms. The van der Waals surface area contributed by atoms with E-state index in [1.54, 1.807) is 0 Å². The Morgan fingerprint density at radius 1 is 1.15 bits per heavy atom. The third kappa shape index (κ3) is 4.22. The van der Waals surface area contributed by atoms with Gasteiger partial charge in [-0.05, 0) is 36.4 Å². The number of nitrogens with one attached hydrogen (secondary N) is 2. The molecule has 3 aromatic rings. The predicted octanol–water partition coefficient (Wildman–Crippen LogP) is 3.96. The highest BCUT2D eigenvalue weighted by Crippen LogP contribution is 2.30. The maximum atomic E-state index is 13.2. The lowest BCUT2D eigenvalue weighted by atomic mass is 10.2. The fraction of sp³-hybridized carbons (Fsp3) is 0.118. The van der Waals surface area contributed by atoms with E-state index in [0.29, 0.717) is 5.39 Å². The topological polar surface area (TPSA) is 70.2 Å². The molecule has 140 valence electrons. The number of halogens is 4. The Kier molecular flexibility index (Phi) is 4.80. The summed E-state index contributed by atoms with van der Waals surface area (Å²) in [5.74, 6) is -0.313. The van der Waals surface area contributed by atoms with Gasteiger partial charge in [0.2, 0.25) is 0 Å². The van der Waals surface area contributed by atoms with Crippen LogP contribution in [0.2, 0.25) is 0 Å². The molecule has 0 radical (unpaired) electrons. The number of carbonyl (C=O) groups excluding carboxylic acids is 1. The molecule has 0 saturated carbocycles. The van der Waals surface area contributed by atoms with Gasteiger partial charge in [0.05, 0.1) is 5.52 Å². The molecule has 0 spiro atoms. The molecular formula is C17H13F4N5O. The molecule has 0 fully saturated rings. The number of hydrogen-bond acceptors (Lipinski definition) is 4. The number of benzene rings is 1. The van der Waals surface area contributed by atoms with Crippen molar-refractivity contribution in [3.8, 4) is 0 Å². The highest BCUT2D eigenvalue weighted by Gasteiger charge is 2.32. The highest BCUT2D eigenvalue weighted by molar-refractivity contribution is 5.93. The quantitative estimate of drug-likeness (QED) is 0.534. The number of pyridine rings is 2. The lowest BCUT2D eigenvalue weighted by Crippen LogP contribution is -2.42. The summed E-state index contributed by atoms with van der Waals surface area (Å²) in [6.07, 6.45) is -3.28. The first kappa shape index (κ1) is 18.4. The second-order valence-corrected chi connectivity index (χ2v) is 5.53. The van der Waals surface area contributed by atoms with Gasteiger partial charge in [-0.2, -0.15) is 13.2 Å². The average molecular weight is 379 g/mol. The van der Waals surface area contributed by atoms with Crippen LogP contribution in [0.25, 0.3) is 10.9 Å². The Labute approximate surface area is 150 Å². The van der Waals surface area contributed by atoms with Gasteiger partial charge in [-0.3, -0.25) is 5.01 Å². The van der Waals surface area contributed by atoms with Crippen molar-refractivity contribution in [2.45, 2.75) is 6.18 Å². The summed E-state index contributed by atoms with van der Waals surface area (Å²) in [4.78, 5) is 19.7. The van der Waals surface area contributed by atoms with E-state index in [4.69, 9.17) is 0 Å².